The van der Waals surface area contributed by atoms with Crippen LogP contribution in [0.5, 0.6) is 0 Å². The van der Waals surface area contributed by atoms with Crippen LogP contribution >= 0.6 is 0 Å². The quantitative estimate of drug-likeness (QED) is 0.854. The normalized spacial score (nSPS) is 11.9. The van der Waals surface area contributed by atoms with Crippen molar-refractivity contribution in [2.24, 2.45) is 0 Å². The zero-order valence-corrected chi connectivity index (χ0v) is 11.6. The summed E-state index contributed by atoms with van der Waals surface area (Å²) < 4.78 is 13.0. The third-order valence-corrected chi connectivity index (χ3v) is 3.10. The van der Waals surface area contributed by atoms with Crippen molar-refractivity contribution in [3.63, 3.8) is 0 Å². The molecular formula is C17H18FNO2. The number of benzene rings is 2. The maximum atomic E-state index is 13.0. The molecule has 0 heterocycles. The summed E-state index contributed by atoms with van der Waals surface area (Å²) in [5.74, 6) is -0.586. The van der Waals surface area contributed by atoms with Crippen molar-refractivity contribution < 1.29 is 14.3 Å². The Labute approximate surface area is 123 Å². The summed E-state index contributed by atoms with van der Waals surface area (Å²) in [5, 5.41) is 12.5. The van der Waals surface area contributed by atoms with Crippen molar-refractivity contribution >= 4 is 5.91 Å². The Hall–Kier alpha value is -2.20. The molecule has 0 saturated heterocycles. The van der Waals surface area contributed by atoms with Crippen LogP contribution in [0.2, 0.25) is 0 Å². The zero-order valence-electron chi connectivity index (χ0n) is 11.6. The molecule has 1 unspecified atom stereocenters. The molecule has 3 nitrogen and oxygen atoms in total. The number of hydrogen-bond donors (Lipinski definition) is 2. The van der Waals surface area contributed by atoms with Gasteiger partial charge in [-0.05, 0) is 23.3 Å². The van der Waals surface area contributed by atoms with Gasteiger partial charge in [0, 0.05) is 13.0 Å². The van der Waals surface area contributed by atoms with Gasteiger partial charge in [-0.1, -0.05) is 42.5 Å². The van der Waals surface area contributed by atoms with Crippen LogP contribution < -0.4 is 5.32 Å². The van der Waals surface area contributed by atoms with E-state index in [1.54, 1.807) is 12.1 Å². The highest BCUT2D eigenvalue weighted by Gasteiger charge is 2.09. The molecule has 0 bridgehead atoms. The van der Waals surface area contributed by atoms with E-state index < -0.39 is 6.10 Å². The van der Waals surface area contributed by atoms with E-state index in [9.17, 15) is 14.3 Å². The summed E-state index contributed by atoms with van der Waals surface area (Å²) >= 11 is 0. The molecule has 21 heavy (non-hydrogen) atoms. The number of nitrogens with one attached hydrogen (secondary N) is 1. The standard InChI is InChI=1S/C17H18FNO2/c18-15-8-4-7-14(9-15)11-17(21)19-12-16(20)10-13-5-2-1-3-6-13/h1-9,16,20H,10-12H2,(H,19,21). The number of amides is 1. The second-order valence-corrected chi connectivity index (χ2v) is 4.95. The van der Waals surface area contributed by atoms with Crippen molar-refractivity contribution in [2.45, 2.75) is 18.9 Å². The summed E-state index contributed by atoms with van der Waals surface area (Å²) in [7, 11) is 0. The van der Waals surface area contributed by atoms with Crippen molar-refractivity contribution in [3.05, 3.63) is 71.5 Å². The maximum Gasteiger partial charge on any atom is 0.224 e. The predicted molar refractivity (Wildman–Crippen MR) is 79.3 cm³/mol. The third-order valence-electron chi connectivity index (χ3n) is 3.10. The van der Waals surface area contributed by atoms with Crippen molar-refractivity contribution in [3.8, 4) is 0 Å². The van der Waals surface area contributed by atoms with Gasteiger partial charge in [0.15, 0.2) is 0 Å². The Balaban J connectivity index is 1.76. The number of carbonyl (C=O) groups excluding carboxylic acids is 1. The summed E-state index contributed by atoms with van der Waals surface area (Å²) in [6, 6.07) is 15.5. The minimum Gasteiger partial charge on any atom is -0.391 e. The van der Waals surface area contributed by atoms with E-state index in [4.69, 9.17) is 0 Å². The van der Waals surface area contributed by atoms with Crippen LogP contribution in [-0.4, -0.2) is 23.7 Å². The van der Waals surface area contributed by atoms with Gasteiger partial charge in [-0.25, -0.2) is 4.39 Å². The van der Waals surface area contributed by atoms with Crippen LogP contribution in [-0.2, 0) is 17.6 Å². The van der Waals surface area contributed by atoms with Crippen LogP contribution in [0, 0.1) is 5.82 Å². The van der Waals surface area contributed by atoms with Crippen LogP contribution in [0.15, 0.2) is 54.6 Å². The number of carbonyl (C=O) groups is 1. The topological polar surface area (TPSA) is 49.3 Å². The molecule has 0 fully saturated rings. The molecule has 0 radical (unpaired) electrons. The minimum absolute atomic E-state index is 0.107. The molecule has 0 aliphatic rings. The minimum atomic E-state index is -0.635. The van der Waals surface area contributed by atoms with E-state index in [-0.39, 0.29) is 24.7 Å². The number of rotatable bonds is 6. The summed E-state index contributed by atoms with van der Waals surface area (Å²) in [5.41, 5.74) is 1.63. The molecule has 0 saturated carbocycles. The van der Waals surface area contributed by atoms with Crippen LogP contribution in [0.3, 0.4) is 0 Å². The zero-order chi connectivity index (χ0) is 15.1. The van der Waals surface area contributed by atoms with E-state index in [1.165, 1.54) is 12.1 Å². The van der Waals surface area contributed by atoms with Crippen LogP contribution in [0.1, 0.15) is 11.1 Å². The summed E-state index contributed by atoms with van der Waals surface area (Å²) in [6.07, 6.45) is -0.0412. The molecule has 0 aromatic heterocycles. The van der Waals surface area contributed by atoms with Gasteiger partial charge < -0.3 is 10.4 Å². The second-order valence-electron chi connectivity index (χ2n) is 4.95. The molecule has 0 aliphatic carbocycles. The molecule has 2 N–H and O–H groups in total. The van der Waals surface area contributed by atoms with E-state index in [1.807, 2.05) is 30.3 Å². The molecule has 110 valence electrons. The first-order valence-corrected chi connectivity index (χ1v) is 6.86. The van der Waals surface area contributed by atoms with Gasteiger partial charge in [0.05, 0.1) is 12.5 Å². The van der Waals surface area contributed by atoms with Gasteiger partial charge in [0.25, 0.3) is 0 Å². The Morgan fingerprint density at radius 1 is 1.10 bits per heavy atom. The molecular weight excluding hydrogens is 269 g/mol. The Morgan fingerprint density at radius 2 is 1.81 bits per heavy atom. The molecule has 0 spiro atoms. The lowest BCUT2D eigenvalue weighted by molar-refractivity contribution is -0.120. The average molecular weight is 287 g/mol. The maximum absolute atomic E-state index is 13.0. The predicted octanol–water partition coefficient (Wildman–Crippen LogP) is 2.09. The van der Waals surface area contributed by atoms with Gasteiger partial charge in [-0.3, -0.25) is 4.79 Å². The smallest absolute Gasteiger partial charge is 0.224 e. The fraction of sp³-hybridized carbons (Fsp3) is 0.235. The van der Waals surface area contributed by atoms with Crippen LogP contribution in [0.4, 0.5) is 4.39 Å². The number of aliphatic hydroxyl groups is 1. The highest BCUT2D eigenvalue weighted by atomic mass is 19.1. The molecule has 1 amide bonds. The average Bonchev–Trinajstić information content (AvgIpc) is 2.46. The van der Waals surface area contributed by atoms with E-state index in [0.29, 0.717) is 12.0 Å². The fourth-order valence-corrected chi connectivity index (χ4v) is 2.08. The summed E-state index contributed by atoms with van der Waals surface area (Å²) in [6.45, 7) is 0.184. The highest BCUT2D eigenvalue weighted by Crippen LogP contribution is 2.05. The Bertz CT molecular complexity index is 586. The van der Waals surface area contributed by atoms with E-state index in [0.717, 1.165) is 5.56 Å². The first-order chi connectivity index (χ1) is 10.1. The highest BCUT2D eigenvalue weighted by molar-refractivity contribution is 5.78. The molecule has 4 heteroatoms. The molecule has 1 atom stereocenters. The molecule has 2 aromatic carbocycles. The largest absolute Gasteiger partial charge is 0.391 e. The molecule has 0 aliphatic heterocycles. The van der Waals surface area contributed by atoms with Gasteiger partial charge in [-0.15, -0.1) is 0 Å². The van der Waals surface area contributed by atoms with Gasteiger partial charge >= 0.3 is 0 Å². The Morgan fingerprint density at radius 3 is 2.52 bits per heavy atom. The first-order valence-electron chi connectivity index (χ1n) is 6.86. The lowest BCUT2D eigenvalue weighted by Crippen LogP contribution is -2.34. The molecule has 2 aromatic rings. The molecule has 2 rings (SSSR count). The number of halogens is 1. The van der Waals surface area contributed by atoms with Gasteiger partial charge in [-0.2, -0.15) is 0 Å². The Kier molecular flexibility index (Phi) is 5.46. The van der Waals surface area contributed by atoms with Crippen molar-refractivity contribution in [2.75, 3.05) is 6.54 Å². The van der Waals surface area contributed by atoms with E-state index in [2.05, 4.69) is 5.32 Å². The fourth-order valence-electron chi connectivity index (χ4n) is 2.08. The number of hydrogen-bond acceptors (Lipinski definition) is 2. The second kappa shape index (κ2) is 7.55. The number of aliphatic hydroxyl groups excluding tert-OH is 1. The SMILES string of the molecule is O=C(Cc1cccc(F)c1)NCC(O)Cc1ccccc1. The first kappa shape index (κ1) is 15.2. The van der Waals surface area contributed by atoms with Crippen molar-refractivity contribution in [1.29, 1.82) is 0 Å². The lowest BCUT2D eigenvalue weighted by Gasteiger charge is -2.12. The van der Waals surface area contributed by atoms with E-state index >= 15 is 0 Å². The lowest BCUT2D eigenvalue weighted by atomic mass is 10.1. The van der Waals surface area contributed by atoms with Gasteiger partial charge in [0.1, 0.15) is 5.82 Å². The van der Waals surface area contributed by atoms with Crippen molar-refractivity contribution in [1.82, 2.24) is 5.32 Å². The third kappa shape index (κ3) is 5.36. The summed E-state index contributed by atoms with van der Waals surface area (Å²) in [4.78, 5) is 11.7. The van der Waals surface area contributed by atoms with Gasteiger partial charge in [0.2, 0.25) is 5.91 Å². The van der Waals surface area contributed by atoms with Crippen LogP contribution in [0.25, 0.3) is 0 Å². The monoisotopic (exact) mass is 287 g/mol.